The highest BCUT2D eigenvalue weighted by molar-refractivity contribution is 5.62. The van der Waals surface area contributed by atoms with Gasteiger partial charge in [0, 0.05) is 17.5 Å². The molecule has 5 rings (SSSR count). The standard InChI is InChI=1S/C25H21N/c26-20-15-16-22-21-13-7-8-14-23(21)25(24(22)17-20,18-9-3-1-4-10-18)19-11-5-2-6-12-19/h1-17,22,24H,26H2. The molecule has 0 fully saturated rings. The molecule has 0 radical (unpaired) electrons. The van der Waals surface area contributed by atoms with Gasteiger partial charge in [-0.2, -0.15) is 0 Å². The highest BCUT2D eigenvalue weighted by Gasteiger charge is 2.52. The van der Waals surface area contributed by atoms with Gasteiger partial charge in [-0.15, -0.1) is 0 Å². The van der Waals surface area contributed by atoms with Crippen LogP contribution < -0.4 is 5.73 Å². The normalized spacial score (nSPS) is 22.4. The summed E-state index contributed by atoms with van der Waals surface area (Å²) in [5.74, 6) is 0.619. The second-order valence-corrected chi connectivity index (χ2v) is 7.20. The number of hydrogen-bond donors (Lipinski definition) is 1. The van der Waals surface area contributed by atoms with Crippen molar-refractivity contribution in [3.8, 4) is 0 Å². The van der Waals surface area contributed by atoms with Crippen molar-refractivity contribution in [1.29, 1.82) is 0 Å². The molecule has 3 aromatic carbocycles. The second kappa shape index (κ2) is 5.74. The van der Waals surface area contributed by atoms with Gasteiger partial charge < -0.3 is 5.73 Å². The monoisotopic (exact) mass is 335 g/mol. The van der Waals surface area contributed by atoms with Crippen LogP contribution in [0.25, 0.3) is 0 Å². The van der Waals surface area contributed by atoms with Crippen LogP contribution >= 0.6 is 0 Å². The first-order valence-electron chi connectivity index (χ1n) is 9.18. The van der Waals surface area contributed by atoms with Crippen LogP contribution in [0.2, 0.25) is 0 Å². The molecule has 26 heavy (non-hydrogen) atoms. The second-order valence-electron chi connectivity index (χ2n) is 7.20. The van der Waals surface area contributed by atoms with Crippen molar-refractivity contribution in [1.82, 2.24) is 0 Å². The third kappa shape index (κ3) is 1.97. The maximum Gasteiger partial charge on any atom is 0.0526 e. The molecular weight excluding hydrogens is 314 g/mol. The summed E-state index contributed by atoms with van der Waals surface area (Å²) in [7, 11) is 0. The Kier molecular flexibility index (Phi) is 3.36. The SMILES string of the molecule is NC1=CC2C(C=C1)c1ccccc1C2(c1ccccc1)c1ccccc1. The molecule has 0 saturated heterocycles. The molecule has 1 heteroatoms. The predicted molar refractivity (Wildman–Crippen MR) is 107 cm³/mol. The van der Waals surface area contributed by atoms with E-state index in [0.29, 0.717) is 5.92 Å². The van der Waals surface area contributed by atoms with Crippen molar-refractivity contribution in [2.75, 3.05) is 0 Å². The molecule has 1 nitrogen and oxygen atoms in total. The van der Waals surface area contributed by atoms with Crippen LogP contribution in [0.4, 0.5) is 0 Å². The zero-order chi connectivity index (χ0) is 17.6. The van der Waals surface area contributed by atoms with E-state index in [1.165, 1.54) is 22.3 Å². The summed E-state index contributed by atoms with van der Waals surface area (Å²) < 4.78 is 0. The van der Waals surface area contributed by atoms with Crippen molar-refractivity contribution in [3.63, 3.8) is 0 Å². The van der Waals surface area contributed by atoms with Crippen LogP contribution in [0, 0.1) is 5.92 Å². The topological polar surface area (TPSA) is 26.0 Å². The van der Waals surface area contributed by atoms with E-state index in [1.807, 2.05) is 0 Å². The van der Waals surface area contributed by atoms with Gasteiger partial charge in [0.05, 0.1) is 5.41 Å². The molecule has 2 aliphatic carbocycles. The summed E-state index contributed by atoms with van der Waals surface area (Å²) in [6, 6.07) is 30.7. The number of fused-ring (bicyclic) bond motifs is 3. The maximum absolute atomic E-state index is 6.28. The molecule has 126 valence electrons. The lowest BCUT2D eigenvalue weighted by molar-refractivity contribution is 0.454. The van der Waals surface area contributed by atoms with E-state index in [2.05, 4.69) is 103 Å². The van der Waals surface area contributed by atoms with Gasteiger partial charge in [0.1, 0.15) is 0 Å². The molecule has 0 aromatic heterocycles. The highest BCUT2D eigenvalue weighted by Crippen LogP contribution is 2.59. The number of allylic oxidation sites excluding steroid dienone is 3. The maximum atomic E-state index is 6.28. The third-order valence-corrected chi connectivity index (χ3v) is 5.96. The lowest BCUT2D eigenvalue weighted by Crippen LogP contribution is -2.35. The average molecular weight is 335 g/mol. The summed E-state index contributed by atoms with van der Waals surface area (Å²) in [6.07, 6.45) is 6.61. The third-order valence-electron chi connectivity index (χ3n) is 5.96. The van der Waals surface area contributed by atoms with Crippen molar-refractivity contribution in [3.05, 3.63) is 131 Å². The van der Waals surface area contributed by atoms with Gasteiger partial charge in [0.2, 0.25) is 0 Å². The molecule has 2 unspecified atom stereocenters. The van der Waals surface area contributed by atoms with Gasteiger partial charge in [-0.25, -0.2) is 0 Å². The first-order valence-corrected chi connectivity index (χ1v) is 9.18. The van der Waals surface area contributed by atoms with E-state index in [4.69, 9.17) is 5.73 Å². The van der Waals surface area contributed by atoms with Crippen molar-refractivity contribution in [2.45, 2.75) is 11.3 Å². The Hall–Kier alpha value is -3.06. The predicted octanol–water partition coefficient (Wildman–Crippen LogP) is 5.15. The van der Waals surface area contributed by atoms with Crippen molar-refractivity contribution >= 4 is 0 Å². The number of nitrogens with two attached hydrogens (primary N) is 1. The van der Waals surface area contributed by atoms with Crippen molar-refractivity contribution in [2.24, 2.45) is 11.7 Å². The van der Waals surface area contributed by atoms with Crippen LogP contribution in [0.1, 0.15) is 28.2 Å². The lowest BCUT2D eigenvalue weighted by atomic mass is 9.63. The fourth-order valence-electron chi connectivity index (χ4n) is 4.98. The fraction of sp³-hybridized carbons (Fsp3) is 0.120. The van der Waals surface area contributed by atoms with E-state index in [0.717, 1.165) is 5.70 Å². The molecular formula is C25H21N. The first-order chi connectivity index (χ1) is 12.8. The van der Waals surface area contributed by atoms with Crippen LogP contribution in [0.5, 0.6) is 0 Å². The largest absolute Gasteiger partial charge is 0.399 e. The van der Waals surface area contributed by atoms with E-state index in [1.54, 1.807) is 0 Å². The van der Waals surface area contributed by atoms with Gasteiger partial charge in [-0.1, -0.05) is 97.1 Å². The summed E-state index contributed by atoms with van der Waals surface area (Å²) in [5.41, 5.74) is 12.4. The Morgan fingerprint density at radius 2 is 1.27 bits per heavy atom. The molecule has 2 N–H and O–H groups in total. The van der Waals surface area contributed by atoms with Crippen LogP contribution in [-0.2, 0) is 5.41 Å². The zero-order valence-electron chi connectivity index (χ0n) is 14.5. The van der Waals surface area contributed by atoms with Gasteiger partial charge in [-0.3, -0.25) is 0 Å². The smallest absolute Gasteiger partial charge is 0.0526 e. The highest BCUT2D eigenvalue weighted by atomic mass is 14.6. The Morgan fingerprint density at radius 3 is 1.92 bits per heavy atom. The zero-order valence-corrected chi connectivity index (χ0v) is 14.5. The summed E-state index contributed by atoms with van der Waals surface area (Å²) in [6.45, 7) is 0. The fourth-order valence-corrected chi connectivity index (χ4v) is 4.98. The molecule has 3 aromatic rings. The van der Waals surface area contributed by atoms with E-state index in [9.17, 15) is 0 Å². The van der Waals surface area contributed by atoms with Gasteiger partial charge in [0.15, 0.2) is 0 Å². The minimum absolute atomic E-state index is 0.223. The van der Waals surface area contributed by atoms with Crippen LogP contribution in [-0.4, -0.2) is 0 Å². The minimum atomic E-state index is -0.223. The van der Waals surface area contributed by atoms with Gasteiger partial charge in [0.25, 0.3) is 0 Å². The molecule has 0 saturated carbocycles. The van der Waals surface area contributed by atoms with Gasteiger partial charge >= 0.3 is 0 Å². The van der Waals surface area contributed by atoms with Crippen molar-refractivity contribution < 1.29 is 0 Å². The number of rotatable bonds is 2. The van der Waals surface area contributed by atoms with Crippen LogP contribution in [0.3, 0.4) is 0 Å². The minimum Gasteiger partial charge on any atom is -0.399 e. The average Bonchev–Trinajstić information content (AvgIpc) is 3.00. The quantitative estimate of drug-likeness (QED) is 0.689. The molecule has 0 spiro atoms. The van der Waals surface area contributed by atoms with E-state index in [-0.39, 0.29) is 11.3 Å². The Morgan fingerprint density at radius 1 is 0.692 bits per heavy atom. The Labute approximate surface area is 154 Å². The molecule has 0 bridgehead atoms. The Bertz CT molecular complexity index is 959. The summed E-state index contributed by atoms with van der Waals surface area (Å²) >= 11 is 0. The summed E-state index contributed by atoms with van der Waals surface area (Å²) in [5, 5.41) is 0. The molecule has 0 heterocycles. The van der Waals surface area contributed by atoms with Crippen LogP contribution in [0.15, 0.2) is 109 Å². The number of hydrogen-bond acceptors (Lipinski definition) is 1. The lowest BCUT2D eigenvalue weighted by Gasteiger charge is -2.39. The summed E-state index contributed by atoms with van der Waals surface area (Å²) in [4.78, 5) is 0. The van der Waals surface area contributed by atoms with E-state index < -0.39 is 0 Å². The molecule has 0 aliphatic heterocycles. The first kappa shape index (κ1) is 15.2. The molecule has 2 aliphatic rings. The Balaban J connectivity index is 1.91. The number of benzene rings is 3. The molecule has 2 atom stereocenters. The molecule has 0 amide bonds. The van der Waals surface area contributed by atoms with E-state index >= 15 is 0 Å². The van der Waals surface area contributed by atoms with Gasteiger partial charge in [-0.05, 0) is 28.3 Å².